The van der Waals surface area contributed by atoms with Gasteiger partial charge in [0.25, 0.3) is 0 Å². The molecular formula is C35H42F2O4. The number of carbonyl (C=O) groups excluding carboxylic acids is 1. The minimum absolute atomic E-state index is 0.0271. The van der Waals surface area contributed by atoms with E-state index >= 15 is 0 Å². The van der Waals surface area contributed by atoms with E-state index in [4.69, 9.17) is 14.2 Å². The van der Waals surface area contributed by atoms with Crippen molar-refractivity contribution >= 4 is 5.97 Å². The number of benzene rings is 2. The lowest BCUT2D eigenvalue weighted by atomic mass is 9.64. The smallest absolute Gasteiger partial charge is 0.343 e. The zero-order valence-corrected chi connectivity index (χ0v) is 24.2. The van der Waals surface area contributed by atoms with Gasteiger partial charge in [-0.2, -0.15) is 0 Å². The molecule has 2 aromatic rings. The van der Waals surface area contributed by atoms with Crippen molar-refractivity contribution in [1.82, 2.24) is 0 Å². The second-order valence-corrected chi connectivity index (χ2v) is 11.8. The largest absolute Gasteiger partial charge is 0.491 e. The first-order chi connectivity index (χ1) is 19.9. The summed E-state index contributed by atoms with van der Waals surface area (Å²) in [5, 5.41) is 0. The van der Waals surface area contributed by atoms with Crippen molar-refractivity contribution < 1.29 is 27.8 Å². The van der Waals surface area contributed by atoms with Crippen LogP contribution in [-0.2, 0) is 15.9 Å². The highest BCUT2D eigenvalue weighted by Crippen LogP contribution is 2.48. The van der Waals surface area contributed by atoms with Crippen LogP contribution in [-0.4, -0.2) is 31.5 Å². The Morgan fingerprint density at radius 1 is 0.927 bits per heavy atom. The molecule has 41 heavy (non-hydrogen) atoms. The van der Waals surface area contributed by atoms with Gasteiger partial charge in [-0.15, -0.1) is 0 Å². The van der Waals surface area contributed by atoms with Gasteiger partial charge in [0.1, 0.15) is 11.9 Å². The Kier molecular flexibility index (Phi) is 9.92. The molecule has 5 rings (SSSR count). The Hall–Kier alpha value is -2.99. The summed E-state index contributed by atoms with van der Waals surface area (Å²) < 4.78 is 45.4. The number of aryl methyl sites for hydroxylation is 1. The number of alkyl halides is 1. The lowest BCUT2D eigenvalue weighted by Gasteiger charge is -2.42. The van der Waals surface area contributed by atoms with Gasteiger partial charge in [-0.25, -0.2) is 13.6 Å². The Bertz CT molecular complexity index is 1220. The number of ether oxygens (including phenoxy) is 3. The molecule has 220 valence electrons. The molecule has 0 N–H and O–H groups in total. The predicted molar refractivity (Wildman–Crippen MR) is 156 cm³/mol. The molecule has 4 nitrogen and oxygen atoms in total. The number of carbonyl (C=O) groups is 1. The third kappa shape index (κ3) is 7.27. The van der Waals surface area contributed by atoms with Crippen LogP contribution in [0.4, 0.5) is 8.78 Å². The monoisotopic (exact) mass is 564 g/mol. The van der Waals surface area contributed by atoms with Gasteiger partial charge in [-0.3, -0.25) is 0 Å². The van der Waals surface area contributed by atoms with E-state index in [0.29, 0.717) is 48.2 Å². The van der Waals surface area contributed by atoms with Gasteiger partial charge >= 0.3 is 5.97 Å². The van der Waals surface area contributed by atoms with Crippen molar-refractivity contribution in [2.75, 3.05) is 13.2 Å². The molecule has 0 heterocycles. The Morgan fingerprint density at radius 2 is 1.66 bits per heavy atom. The van der Waals surface area contributed by atoms with Crippen molar-refractivity contribution in [1.29, 1.82) is 0 Å². The van der Waals surface area contributed by atoms with Crippen LogP contribution in [0.15, 0.2) is 72.3 Å². The Balaban J connectivity index is 1.08. The molecule has 0 aromatic heterocycles. The molecule has 6 atom stereocenters. The van der Waals surface area contributed by atoms with E-state index in [1.165, 1.54) is 23.6 Å². The highest BCUT2D eigenvalue weighted by atomic mass is 19.2. The summed E-state index contributed by atoms with van der Waals surface area (Å²) in [4.78, 5) is 12.6. The van der Waals surface area contributed by atoms with Crippen LogP contribution in [0.25, 0.3) is 0 Å². The van der Waals surface area contributed by atoms with Gasteiger partial charge < -0.3 is 14.2 Å². The predicted octanol–water partition coefficient (Wildman–Crippen LogP) is 8.67. The Morgan fingerprint density at radius 3 is 2.39 bits per heavy atom. The normalized spacial score (nSPS) is 27.8. The molecule has 3 aliphatic carbocycles. The molecule has 0 radical (unpaired) electrons. The summed E-state index contributed by atoms with van der Waals surface area (Å²) in [5.74, 6) is 1.56. The molecule has 0 bridgehead atoms. The van der Waals surface area contributed by atoms with E-state index in [9.17, 15) is 13.6 Å². The summed E-state index contributed by atoms with van der Waals surface area (Å²) in [6.45, 7) is 4.65. The molecule has 0 saturated heterocycles. The lowest BCUT2D eigenvalue weighted by molar-refractivity contribution is -0.0113. The minimum Gasteiger partial charge on any atom is -0.491 e. The van der Waals surface area contributed by atoms with Crippen molar-refractivity contribution in [3.63, 3.8) is 0 Å². The average Bonchev–Trinajstić information content (AvgIpc) is 3.00. The molecule has 2 saturated carbocycles. The fourth-order valence-electron chi connectivity index (χ4n) is 6.81. The summed E-state index contributed by atoms with van der Waals surface area (Å²) >= 11 is 0. The number of fused-ring (bicyclic) bond motifs is 1. The van der Waals surface area contributed by atoms with Crippen LogP contribution in [0.1, 0.15) is 86.2 Å². The SMILES string of the molecule is CCCc1ccc(C(=O)Oc2ccc(C3CCC4CC(COC5C=CC(OCC)=C(F)C5F)CCC4C3)cc2)cc1. The van der Waals surface area contributed by atoms with Gasteiger partial charge in [-0.1, -0.05) is 37.6 Å². The maximum atomic E-state index is 14.5. The van der Waals surface area contributed by atoms with Crippen molar-refractivity contribution in [2.24, 2.45) is 17.8 Å². The van der Waals surface area contributed by atoms with Crippen LogP contribution in [0, 0.1) is 17.8 Å². The zero-order chi connectivity index (χ0) is 28.8. The first kappa shape index (κ1) is 29.5. The molecule has 0 aliphatic heterocycles. The summed E-state index contributed by atoms with van der Waals surface area (Å²) in [7, 11) is 0. The first-order valence-corrected chi connectivity index (χ1v) is 15.3. The number of allylic oxidation sites excluding steroid dienone is 1. The van der Waals surface area contributed by atoms with Gasteiger partial charge in [-0.05, 0) is 123 Å². The average molecular weight is 565 g/mol. The van der Waals surface area contributed by atoms with E-state index in [2.05, 4.69) is 19.1 Å². The van der Waals surface area contributed by atoms with Crippen LogP contribution in [0.2, 0.25) is 0 Å². The van der Waals surface area contributed by atoms with Gasteiger partial charge in [0, 0.05) is 0 Å². The topological polar surface area (TPSA) is 44.8 Å². The van der Waals surface area contributed by atoms with Gasteiger partial charge in [0.2, 0.25) is 0 Å². The highest BCUT2D eigenvalue weighted by Gasteiger charge is 2.37. The fourth-order valence-corrected chi connectivity index (χ4v) is 6.81. The summed E-state index contributed by atoms with van der Waals surface area (Å²) in [5.41, 5.74) is 3.09. The standard InChI is InChI=1S/C35H42F2O4/c1-3-5-23-6-9-26(10-7-23)35(38)41-30-16-14-25(15-17-30)28-13-12-27-20-24(8-11-29(27)21-28)22-40-32-19-18-31(39-4-2)33(36)34(32)37/h6-7,9-10,14-19,24,27-29,32,34H,3-5,8,11-13,20-22H2,1-2H3. The van der Waals surface area contributed by atoms with Crippen LogP contribution < -0.4 is 4.74 Å². The second kappa shape index (κ2) is 13.8. The van der Waals surface area contributed by atoms with E-state index < -0.39 is 18.1 Å². The molecule has 2 aromatic carbocycles. The fraction of sp³-hybridized carbons (Fsp3) is 0.514. The van der Waals surface area contributed by atoms with Crippen molar-refractivity contribution in [3.8, 4) is 5.75 Å². The van der Waals surface area contributed by atoms with Crippen LogP contribution >= 0.6 is 0 Å². The first-order valence-electron chi connectivity index (χ1n) is 15.3. The van der Waals surface area contributed by atoms with Crippen molar-refractivity contribution in [2.45, 2.75) is 83.4 Å². The number of hydrogen-bond donors (Lipinski definition) is 0. The number of halogens is 2. The summed E-state index contributed by atoms with van der Waals surface area (Å²) in [6.07, 6.45) is 9.19. The van der Waals surface area contributed by atoms with E-state index in [1.807, 2.05) is 36.4 Å². The summed E-state index contributed by atoms with van der Waals surface area (Å²) in [6, 6.07) is 15.7. The minimum atomic E-state index is -1.81. The molecule has 6 unspecified atom stereocenters. The second-order valence-electron chi connectivity index (χ2n) is 11.8. The number of esters is 1. The third-order valence-corrected chi connectivity index (χ3v) is 9.04. The van der Waals surface area contributed by atoms with Gasteiger partial charge in [0.15, 0.2) is 17.8 Å². The maximum Gasteiger partial charge on any atom is 0.343 e. The third-order valence-electron chi connectivity index (χ3n) is 9.04. The van der Waals surface area contributed by atoms with E-state index in [-0.39, 0.29) is 11.7 Å². The molecular weight excluding hydrogens is 522 g/mol. The molecule has 0 spiro atoms. The lowest BCUT2D eigenvalue weighted by Crippen LogP contribution is -2.34. The number of rotatable bonds is 10. The molecule has 0 amide bonds. The van der Waals surface area contributed by atoms with Crippen molar-refractivity contribution in [3.05, 3.63) is 89.0 Å². The van der Waals surface area contributed by atoms with E-state index in [0.717, 1.165) is 44.9 Å². The molecule has 3 aliphatic rings. The molecule has 6 heteroatoms. The number of hydrogen-bond acceptors (Lipinski definition) is 4. The quantitative estimate of drug-likeness (QED) is 0.214. The van der Waals surface area contributed by atoms with Gasteiger partial charge in [0.05, 0.1) is 18.8 Å². The van der Waals surface area contributed by atoms with Crippen LogP contribution in [0.3, 0.4) is 0 Å². The maximum absolute atomic E-state index is 14.5. The highest BCUT2D eigenvalue weighted by molar-refractivity contribution is 5.91. The Labute approximate surface area is 242 Å². The van der Waals surface area contributed by atoms with Crippen LogP contribution in [0.5, 0.6) is 5.75 Å². The zero-order valence-electron chi connectivity index (χ0n) is 24.2. The molecule has 2 fully saturated rings. The van der Waals surface area contributed by atoms with E-state index in [1.54, 1.807) is 13.0 Å².